The number of aromatic nitrogens is 2. The Morgan fingerprint density at radius 3 is 3.13 bits per heavy atom. The summed E-state index contributed by atoms with van der Waals surface area (Å²) in [6.45, 7) is 3.94. The Hall–Kier alpha value is -0.880. The second kappa shape index (κ2) is 5.87. The number of hydrogen-bond donors (Lipinski definition) is 1. The zero-order valence-electron chi connectivity index (χ0n) is 8.16. The Labute approximate surface area is 101 Å². The van der Waals surface area contributed by atoms with Crippen molar-refractivity contribution in [2.45, 2.75) is 5.16 Å². The summed E-state index contributed by atoms with van der Waals surface area (Å²) in [6.07, 6.45) is 5.04. The number of rotatable bonds is 4. The van der Waals surface area contributed by atoms with Gasteiger partial charge in [0, 0.05) is 12.7 Å². The molecule has 0 aliphatic heterocycles. The van der Waals surface area contributed by atoms with Crippen molar-refractivity contribution in [3.8, 4) is 0 Å². The Balaban J connectivity index is 2.91. The van der Waals surface area contributed by atoms with Crippen LogP contribution >= 0.6 is 27.7 Å². The van der Waals surface area contributed by atoms with Gasteiger partial charge >= 0.3 is 0 Å². The number of hydrogen-bond acceptors (Lipinski definition) is 4. The Bertz CT molecular complexity index is 384. The van der Waals surface area contributed by atoms with Gasteiger partial charge in [0.2, 0.25) is 0 Å². The van der Waals surface area contributed by atoms with E-state index >= 15 is 0 Å². The number of carbonyl (C=O) groups excluding carboxylic acids is 1. The van der Waals surface area contributed by atoms with Crippen LogP contribution in [0.5, 0.6) is 0 Å². The maximum Gasteiger partial charge on any atom is 0.271 e. The highest BCUT2D eigenvalue weighted by molar-refractivity contribution is 9.10. The van der Waals surface area contributed by atoms with E-state index in [0.29, 0.717) is 21.9 Å². The molecule has 0 aliphatic carbocycles. The first kappa shape index (κ1) is 12.2. The molecule has 80 valence electrons. The van der Waals surface area contributed by atoms with Crippen LogP contribution in [0.4, 0.5) is 0 Å². The van der Waals surface area contributed by atoms with Gasteiger partial charge in [0.25, 0.3) is 5.91 Å². The first-order valence-corrected chi connectivity index (χ1v) is 6.16. The summed E-state index contributed by atoms with van der Waals surface area (Å²) in [5.74, 6) is -0.237. The van der Waals surface area contributed by atoms with Crippen molar-refractivity contribution >= 4 is 33.6 Å². The number of halogens is 1. The number of nitrogens with one attached hydrogen (secondary N) is 1. The fourth-order valence-electron chi connectivity index (χ4n) is 0.857. The Morgan fingerprint density at radius 2 is 2.53 bits per heavy atom. The highest BCUT2D eigenvalue weighted by Crippen LogP contribution is 2.16. The highest BCUT2D eigenvalue weighted by Gasteiger charge is 2.12. The third-order valence-electron chi connectivity index (χ3n) is 1.53. The van der Waals surface area contributed by atoms with E-state index < -0.39 is 0 Å². The van der Waals surface area contributed by atoms with Crippen molar-refractivity contribution in [1.82, 2.24) is 15.3 Å². The molecule has 1 rings (SSSR count). The first-order chi connectivity index (χ1) is 7.19. The lowest BCUT2D eigenvalue weighted by Gasteiger charge is -2.04. The van der Waals surface area contributed by atoms with E-state index in [1.54, 1.807) is 12.3 Å². The second-order valence-electron chi connectivity index (χ2n) is 2.55. The van der Waals surface area contributed by atoms with Crippen LogP contribution in [-0.4, -0.2) is 28.7 Å². The zero-order chi connectivity index (χ0) is 11.3. The summed E-state index contributed by atoms with van der Waals surface area (Å²) < 4.78 is 0.585. The van der Waals surface area contributed by atoms with E-state index in [2.05, 4.69) is 37.8 Å². The molecule has 1 heterocycles. The summed E-state index contributed by atoms with van der Waals surface area (Å²) in [6, 6.07) is 0. The molecule has 0 aliphatic rings. The summed E-state index contributed by atoms with van der Waals surface area (Å²) >= 11 is 4.62. The molecule has 0 atom stereocenters. The van der Waals surface area contributed by atoms with Gasteiger partial charge in [-0.1, -0.05) is 17.8 Å². The summed E-state index contributed by atoms with van der Waals surface area (Å²) in [4.78, 5) is 19.7. The normalized spacial score (nSPS) is 9.73. The van der Waals surface area contributed by atoms with Crippen molar-refractivity contribution in [3.63, 3.8) is 0 Å². The van der Waals surface area contributed by atoms with Gasteiger partial charge in [-0.15, -0.1) is 6.58 Å². The molecule has 6 heteroatoms. The molecule has 0 aromatic carbocycles. The van der Waals surface area contributed by atoms with E-state index in [1.807, 2.05) is 6.26 Å². The molecule has 1 aromatic rings. The predicted octanol–water partition coefficient (Wildman–Crippen LogP) is 1.88. The summed E-state index contributed by atoms with van der Waals surface area (Å²) in [5, 5.41) is 3.23. The highest BCUT2D eigenvalue weighted by atomic mass is 79.9. The van der Waals surface area contributed by atoms with Crippen LogP contribution in [-0.2, 0) is 0 Å². The average Bonchev–Trinajstić information content (AvgIpc) is 2.26. The largest absolute Gasteiger partial charge is 0.347 e. The molecule has 1 aromatic heterocycles. The van der Waals surface area contributed by atoms with Gasteiger partial charge in [-0.3, -0.25) is 4.79 Å². The predicted molar refractivity (Wildman–Crippen MR) is 64.0 cm³/mol. The van der Waals surface area contributed by atoms with Crippen LogP contribution in [0.3, 0.4) is 0 Å². The monoisotopic (exact) mass is 287 g/mol. The zero-order valence-corrected chi connectivity index (χ0v) is 10.6. The van der Waals surface area contributed by atoms with Crippen molar-refractivity contribution in [2.24, 2.45) is 0 Å². The van der Waals surface area contributed by atoms with E-state index in [4.69, 9.17) is 0 Å². The molecule has 0 radical (unpaired) electrons. The Kier molecular flexibility index (Phi) is 4.77. The molecule has 1 N–H and O–H groups in total. The first-order valence-electron chi connectivity index (χ1n) is 4.14. The maximum absolute atomic E-state index is 11.6. The van der Waals surface area contributed by atoms with Crippen LogP contribution in [0.2, 0.25) is 0 Å². The van der Waals surface area contributed by atoms with Gasteiger partial charge in [0.1, 0.15) is 5.69 Å². The lowest BCUT2D eigenvalue weighted by Crippen LogP contribution is -2.25. The van der Waals surface area contributed by atoms with E-state index in [9.17, 15) is 4.79 Å². The SMILES string of the molecule is C=CCNC(=O)c1nc(SC)ncc1Br. The van der Waals surface area contributed by atoms with Crippen LogP contribution in [0.15, 0.2) is 28.5 Å². The van der Waals surface area contributed by atoms with Crippen LogP contribution in [0.1, 0.15) is 10.5 Å². The standard InChI is InChI=1S/C9H10BrN3OS/c1-3-4-11-8(14)7-6(10)5-12-9(13-7)15-2/h3,5H,1,4H2,2H3,(H,11,14). The van der Waals surface area contributed by atoms with Crippen molar-refractivity contribution < 1.29 is 4.79 Å². The number of thioether (sulfide) groups is 1. The van der Waals surface area contributed by atoms with Gasteiger partial charge in [-0.05, 0) is 22.2 Å². The maximum atomic E-state index is 11.6. The number of nitrogens with zero attached hydrogens (tertiary/aromatic N) is 2. The second-order valence-corrected chi connectivity index (χ2v) is 4.18. The minimum atomic E-state index is -0.237. The lowest BCUT2D eigenvalue weighted by atomic mass is 10.4. The molecule has 0 saturated carbocycles. The molecule has 1 amide bonds. The van der Waals surface area contributed by atoms with Crippen molar-refractivity contribution in [2.75, 3.05) is 12.8 Å². The molecule has 0 saturated heterocycles. The molecule has 0 spiro atoms. The third kappa shape index (κ3) is 3.32. The molecule has 15 heavy (non-hydrogen) atoms. The van der Waals surface area contributed by atoms with Gasteiger partial charge in [-0.25, -0.2) is 9.97 Å². The van der Waals surface area contributed by atoms with Gasteiger partial charge < -0.3 is 5.32 Å². The van der Waals surface area contributed by atoms with Gasteiger partial charge in [-0.2, -0.15) is 0 Å². The summed E-state index contributed by atoms with van der Waals surface area (Å²) in [5.41, 5.74) is 0.344. The van der Waals surface area contributed by atoms with E-state index in [0.717, 1.165) is 0 Å². The van der Waals surface area contributed by atoms with Gasteiger partial charge in [0.15, 0.2) is 5.16 Å². The molecule has 0 fully saturated rings. The van der Waals surface area contributed by atoms with Crippen LogP contribution < -0.4 is 5.32 Å². The van der Waals surface area contributed by atoms with Crippen molar-refractivity contribution in [1.29, 1.82) is 0 Å². The van der Waals surface area contributed by atoms with E-state index in [1.165, 1.54) is 11.8 Å². The molecule has 0 bridgehead atoms. The fourth-order valence-corrected chi connectivity index (χ4v) is 1.57. The Morgan fingerprint density at radius 1 is 1.80 bits per heavy atom. The van der Waals surface area contributed by atoms with Gasteiger partial charge in [0.05, 0.1) is 4.47 Å². The van der Waals surface area contributed by atoms with Crippen LogP contribution in [0, 0.1) is 0 Å². The summed E-state index contributed by atoms with van der Waals surface area (Å²) in [7, 11) is 0. The quantitative estimate of drug-likeness (QED) is 0.522. The molecule has 0 unspecified atom stereocenters. The van der Waals surface area contributed by atoms with Crippen LogP contribution in [0.25, 0.3) is 0 Å². The molecular weight excluding hydrogens is 278 g/mol. The lowest BCUT2D eigenvalue weighted by molar-refractivity contribution is 0.0951. The topological polar surface area (TPSA) is 54.9 Å². The third-order valence-corrected chi connectivity index (χ3v) is 2.67. The minimum Gasteiger partial charge on any atom is -0.347 e. The molecular formula is C9H10BrN3OS. The number of carbonyl (C=O) groups is 1. The number of amides is 1. The van der Waals surface area contributed by atoms with E-state index in [-0.39, 0.29) is 5.91 Å². The minimum absolute atomic E-state index is 0.237. The van der Waals surface area contributed by atoms with Crippen molar-refractivity contribution in [3.05, 3.63) is 29.0 Å². The average molecular weight is 288 g/mol. The fraction of sp³-hybridized carbons (Fsp3) is 0.222. The smallest absolute Gasteiger partial charge is 0.271 e. The molecule has 4 nitrogen and oxygen atoms in total.